The maximum Gasteiger partial charge on any atom is 0.170 e. The van der Waals surface area contributed by atoms with Gasteiger partial charge in [0.1, 0.15) is 5.75 Å². The van der Waals surface area contributed by atoms with Gasteiger partial charge < -0.3 is 19.9 Å². The Morgan fingerprint density at radius 2 is 1.91 bits per heavy atom. The molecule has 1 aliphatic carbocycles. The van der Waals surface area contributed by atoms with Gasteiger partial charge in [-0.3, -0.25) is 4.98 Å². The van der Waals surface area contributed by atoms with E-state index in [-0.39, 0.29) is 17.8 Å². The van der Waals surface area contributed by atoms with Crippen LogP contribution in [0.25, 0.3) is 5.69 Å². The molecule has 2 N–H and O–H groups in total. The van der Waals surface area contributed by atoms with Crippen molar-refractivity contribution in [2.24, 2.45) is 0 Å². The average Bonchev–Trinajstić information content (AvgIpc) is 3.49. The van der Waals surface area contributed by atoms with Gasteiger partial charge in [-0.2, -0.15) is 0 Å². The van der Waals surface area contributed by atoms with Crippen molar-refractivity contribution in [3.63, 3.8) is 0 Å². The molecule has 1 aromatic carbocycles. The van der Waals surface area contributed by atoms with Gasteiger partial charge in [0, 0.05) is 28.6 Å². The summed E-state index contributed by atoms with van der Waals surface area (Å²) < 4.78 is 2.08. The van der Waals surface area contributed by atoms with Crippen LogP contribution in [0.15, 0.2) is 48.7 Å². The first-order valence-electron chi connectivity index (χ1n) is 11.1. The van der Waals surface area contributed by atoms with Crippen LogP contribution >= 0.6 is 23.8 Å². The van der Waals surface area contributed by atoms with Gasteiger partial charge in [0.15, 0.2) is 5.11 Å². The van der Waals surface area contributed by atoms with Crippen LogP contribution in [0.4, 0.5) is 0 Å². The number of aromatic hydroxyl groups is 1. The molecular formula is C25H27ClN4OS. The Balaban J connectivity index is 1.66. The van der Waals surface area contributed by atoms with Gasteiger partial charge in [0.2, 0.25) is 0 Å². The van der Waals surface area contributed by atoms with E-state index < -0.39 is 0 Å². The van der Waals surface area contributed by atoms with Crippen molar-refractivity contribution in [1.82, 2.24) is 19.8 Å². The van der Waals surface area contributed by atoms with Crippen molar-refractivity contribution < 1.29 is 5.11 Å². The normalized spacial score (nSPS) is 21.3. The third kappa shape index (κ3) is 3.55. The van der Waals surface area contributed by atoms with Gasteiger partial charge >= 0.3 is 0 Å². The van der Waals surface area contributed by atoms with Crippen molar-refractivity contribution in [2.75, 3.05) is 0 Å². The Hall–Kier alpha value is -2.57. The Bertz CT molecular complexity index is 1160. The first-order valence-corrected chi connectivity index (χ1v) is 11.9. The third-order valence-electron chi connectivity index (χ3n) is 6.82. The van der Waals surface area contributed by atoms with Crippen LogP contribution < -0.4 is 5.32 Å². The number of phenolic OH excluding ortho intramolecular Hbond substituents is 1. The number of aryl methyl sites for hydroxylation is 1. The second-order valence-corrected chi connectivity index (χ2v) is 9.59. The second kappa shape index (κ2) is 8.41. The van der Waals surface area contributed by atoms with Crippen LogP contribution in [0.1, 0.15) is 60.4 Å². The highest BCUT2D eigenvalue weighted by Gasteiger charge is 2.44. The minimum atomic E-state index is -0.0359. The van der Waals surface area contributed by atoms with E-state index in [1.807, 2.05) is 24.4 Å². The molecule has 3 heterocycles. The van der Waals surface area contributed by atoms with Gasteiger partial charge in [-0.05, 0) is 80.9 Å². The zero-order chi connectivity index (χ0) is 22.4. The quantitative estimate of drug-likeness (QED) is 0.478. The molecule has 0 spiro atoms. The van der Waals surface area contributed by atoms with Gasteiger partial charge in [0.05, 0.1) is 23.5 Å². The molecule has 5 rings (SSSR count). The molecule has 2 aromatic heterocycles. The molecule has 2 aliphatic rings. The van der Waals surface area contributed by atoms with E-state index in [1.54, 1.807) is 12.1 Å². The summed E-state index contributed by atoms with van der Waals surface area (Å²) in [6.07, 6.45) is 6.62. The number of nitrogens with one attached hydrogen (secondary N) is 1. The zero-order valence-corrected chi connectivity index (χ0v) is 19.8. The number of hydrogen-bond acceptors (Lipinski definition) is 3. The number of pyridine rings is 1. The summed E-state index contributed by atoms with van der Waals surface area (Å²) in [5.41, 5.74) is 4.97. The molecule has 166 valence electrons. The molecule has 3 aromatic rings. The summed E-state index contributed by atoms with van der Waals surface area (Å²) >= 11 is 12.1. The number of hydrogen-bond donors (Lipinski definition) is 2. The highest BCUT2D eigenvalue weighted by atomic mass is 35.5. The van der Waals surface area contributed by atoms with Crippen molar-refractivity contribution in [3.8, 4) is 11.4 Å². The number of phenols is 1. The van der Waals surface area contributed by atoms with Crippen LogP contribution in [0.2, 0.25) is 5.02 Å². The second-order valence-electron chi connectivity index (χ2n) is 8.77. The molecule has 1 saturated carbocycles. The molecule has 32 heavy (non-hydrogen) atoms. The van der Waals surface area contributed by atoms with Crippen LogP contribution in [-0.4, -0.2) is 30.7 Å². The smallest absolute Gasteiger partial charge is 0.170 e. The van der Waals surface area contributed by atoms with Crippen LogP contribution in [-0.2, 0) is 0 Å². The molecule has 0 radical (unpaired) electrons. The summed E-state index contributed by atoms with van der Waals surface area (Å²) in [7, 11) is 0. The molecule has 1 saturated heterocycles. The fourth-order valence-corrected chi connectivity index (χ4v) is 5.96. The molecule has 2 unspecified atom stereocenters. The Morgan fingerprint density at radius 1 is 1.12 bits per heavy atom. The maximum absolute atomic E-state index is 10.6. The molecule has 7 heteroatoms. The largest absolute Gasteiger partial charge is 0.506 e. The monoisotopic (exact) mass is 466 g/mol. The van der Waals surface area contributed by atoms with Crippen molar-refractivity contribution in [1.29, 1.82) is 0 Å². The number of benzene rings is 1. The Kier molecular flexibility index (Phi) is 5.59. The lowest BCUT2D eigenvalue weighted by atomic mass is 9.95. The molecular weight excluding hydrogens is 440 g/mol. The first-order chi connectivity index (χ1) is 15.5. The van der Waals surface area contributed by atoms with Gasteiger partial charge in [-0.25, -0.2) is 0 Å². The summed E-state index contributed by atoms with van der Waals surface area (Å²) in [6.45, 7) is 4.17. The SMILES string of the molecule is Cc1cc(C2C(c3ccccn3)NC(=S)N2C2CCCC2)c(C)n1-c1cc(Cl)ccc1O. The summed E-state index contributed by atoms with van der Waals surface area (Å²) in [5.74, 6) is 0.205. The first kappa shape index (κ1) is 21.3. The predicted octanol–water partition coefficient (Wildman–Crippen LogP) is 5.76. The topological polar surface area (TPSA) is 53.3 Å². The van der Waals surface area contributed by atoms with Crippen molar-refractivity contribution in [2.45, 2.75) is 57.7 Å². The van der Waals surface area contributed by atoms with Crippen LogP contribution in [0.3, 0.4) is 0 Å². The van der Waals surface area contributed by atoms with E-state index in [1.165, 1.54) is 18.4 Å². The Labute approximate surface area is 199 Å². The number of thiocarbonyl (C=S) groups is 1. The molecule has 5 nitrogen and oxygen atoms in total. The van der Waals surface area contributed by atoms with Crippen LogP contribution in [0, 0.1) is 13.8 Å². The van der Waals surface area contributed by atoms with E-state index in [4.69, 9.17) is 23.8 Å². The number of halogens is 1. The molecule has 1 aliphatic heterocycles. The highest BCUT2D eigenvalue weighted by molar-refractivity contribution is 7.80. The van der Waals surface area contributed by atoms with Gasteiger partial charge in [0.25, 0.3) is 0 Å². The zero-order valence-electron chi connectivity index (χ0n) is 18.3. The predicted molar refractivity (Wildman–Crippen MR) is 131 cm³/mol. The van der Waals surface area contributed by atoms with E-state index >= 15 is 0 Å². The standard InChI is InChI=1S/C25H27ClN4OS/c1-15-13-19(16(2)29(15)21-14-17(26)10-11-22(21)31)24-23(20-9-5-6-12-27-20)28-25(32)30(24)18-7-3-4-8-18/h5-6,9-14,18,23-24,31H,3-4,7-8H2,1-2H3,(H,28,32). The van der Waals surface area contributed by atoms with Crippen molar-refractivity contribution in [3.05, 3.63) is 76.3 Å². The van der Waals surface area contributed by atoms with Crippen molar-refractivity contribution >= 4 is 28.9 Å². The number of nitrogens with zero attached hydrogens (tertiary/aromatic N) is 3. The number of aromatic nitrogens is 2. The Morgan fingerprint density at radius 3 is 2.62 bits per heavy atom. The number of rotatable bonds is 4. The molecule has 0 amide bonds. The highest BCUT2D eigenvalue weighted by Crippen LogP contribution is 2.45. The summed E-state index contributed by atoms with van der Waals surface area (Å²) in [5, 5.41) is 15.5. The molecule has 2 fully saturated rings. The summed E-state index contributed by atoms with van der Waals surface area (Å²) in [4.78, 5) is 7.07. The summed E-state index contributed by atoms with van der Waals surface area (Å²) in [6, 6.07) is 13.8. The fourth-order valence-electron chi connectivity index (χ4n) is 5.41. The molecule has 0 bridgehead atoms. The lowest BCUT2D eigenvalue weighted by Gasteiger charge is -2.33. The lowest BCUT2D eigenvalue weighted by molar-refractivity contribution is 0.245. The minimum Gasteiger partial charge on any atom is -0.506 e. The lowest BCUT2D eigenvalue weighted by Crippen LogP contribution is -2.37. The maximum atomic E-state index is 10.6. The minimum absolute atomic E-state index is 0.0294. The van der Waals surface area contributed by atoms with Crippen LogP contribution in [0.5, 0.6) is 5.75 Å². The van der Waals surface area contributed by atoms with E-state index in [2.05, 4.69) is 45.7 Å². The average molecular weight is 467 g/mol. The van der Waals surface area contributed by atoms with E-state index in [9.17, 15) is 5.11 Å². The van der Waals surface area contributed by atoms with E-state index in [0.29, 0.717) is 16.8 Å². The molecule has 2 atom stereocenters. The van der Waals surface area contributed by atoms with Gasteiger partial charge in [-0.1, -0.05) is 30.5 Å². The third-order valence-corrected chi connectivity index (χ3v) is 7.38. The van der Waals surface area contributed by atoms with Gasteiger partial charge in [-0.15, -0.1) is 0 Å². The van der Waals surface area contributed by atoms with E-state index in [0.717, 1.165) is 35.0 Å². The fraction of sp³-hybridized carbons (Fsp3) is 0.360.